The van der Waals surface area contributed by atoms with E-state index in [9.17, 15) is 0 Å². The van der Waals surface area contributed by atoms with Gasteiger partial charge in [0.15, 0.2) is 0 Å². The van der Waals surface area contributed by atoms with E-state index in [0.29, 0.717) is 3.36 Å². The SMILES string of the molecule is C[C](C)(C)[SbH]([c]1ccccc1)([c]1ccccc1)[Sb]([C]12CCC(CC1)C2)[C]12CCC(CC1)C2. The summed E-state index contributed by atoms with van der Waals surface area (Å²) in [6, 6.07) is 24.6. The van der Waals surface area contributed by atoms with Crippen molar-refractivity contribution in [1.29, 1.82) is 0 Å². The second-order valence-electron chi connectivity index (χ2n) is 12.8. The van der Waals surface area contributed by atoms with Crippen molar-refractivity contribution in [3.63, 3.8) is 0 Å². The van der Waals surface area contributed by atoms with Gasteiger partial charge in [0.25, 0.3) is 0 Å². The zero-order chi connectivity index (χ0) is 22.0. The van der Waals surface area contributed by atoms with Crippen molar-refractivity contribution in [3.8, 4) is 0 Å². The van der Waals surface area contributed by atoms with Crippen LogP contribution in [0.15, 0.2) is 60.7 Å². The van der Waals surface area contributed by atoms with Gasteiger partial charge in [-0.25, -0.2) is 0 Å². The van der Waals surface area contributed by atoms with Crippen LogP contribution >= 0.6 is 0 Å². The molecule has 0 aromatic heterocycles. The first kappa shape index (κ1) is 22.5. The van der Waals surface area contributed by atoms with Crippen molar-refractivity contribution in [1.82, 2.24) is 0 Å². The topological polar surface area (TPSA) is 0 Å². The molecule has 0 N–H and O–H groups in total. The Morgan fingerprint density at radius 3 is 1.31 bits per heavy atom. The van der Waals surface area contributed by atoms with E-state index in [1.54, 1.807) is 64.2 Å². The van der Waals surface area contributed by atoms with Gasteiger partial charge >= 0.3 is 205 Å². The molecule has 0 spiro atoms. The van der Waals surface area contributed by atoms with Crippen LogP contribution in [-0.4, -0.2) is 30.7 Å². The van der Waals surface area contributed by atoms with Crippen molar-refractivity contribution in [2.75, 3.05) is 0 Å². The van der Waals surface area contributed by atoms with Crippen LogP contribution in [0, 0.1) is 11.8 Å². The summed E-state index contributed by atoms with van der Waals surface area (Å²) in [4.78, 5) is 0. The minimum absolute atomic E-state index is 0.436. The molecule has 0 unspecified atom stereocenters. The van der Waals surface area contributed by atoms with E-state index in [1.165, 1.54) is 0 Å². The van der Waals surface area contributed by atoms with E-state index < -0.39 is 30.7 Å². The molecular weight excluding hydrogens is 604 g/mol. The van der Waals surface area contributed by atoms with Gasteiger partial charge in [0, 0.05) is 0 Å². The molecule has 2 aromatic carbocycles. The van der Waals surface area contributed by atoms with E-state index >= 15 is 0 Å². The molecule has 4 aliphatic carbocycles. The molecule has 32 heavy (non-hydrogen) atoms. The van der Waals surface area contributed by atoms with Gasteiger partial charge in [0.1, 0.15) is 0 Å². The molecule has 0 atom stereocenters. The monoisotopic (exact) mass is 644 g/mol. The molecule has 2 aromatic rings. The van der Waals surface area contributed by atoms with Crippen LogP contribution in [0.3, 0.4) is 0 Å². The number of rotatable bonds is 5. The summed E-state index contributed by atoms with van der Waals surface area (Å²) < 4.78 is 5.80. The Kier molecular flexibility index (Phi) is 5.67. The van der Waals surface area contributed by atoms with Crippen molar-refractivity contribution < 1.29 is 0 Å². The normalized spacial score (nSPS) is 34.5. The molecule has 172 valence electrons. The second kappa shape index (κ2) is 8.05. The molecule has 0 heterocycles. The van der Waals surface area contributed by atoms with Crippen molar-refractivity contribution in [2.24, 2.45) is 11.8 Å². The zero-order valence-electron chi connectivity index (χ0n) is 20.4. The Morgan fingerprint density at radius 2 is 1.03 bits per heavy atom. The molecule has 0 aliphatic heterocycles. The number of hydrogen-bond donors (Lipinski definition) is 0. The van der Waals surface area contributed by atoms with Crippen molar-refractivity contribution in [2.45, 2.75) is 95.1 Å². The zero-order valence-corrected chi connectivity index (χ0v) is 25.9. The summed E-state index contributed by atoms with van der Waals surface area (Å²) >= 11 is -4.90. The Labute approximate surface area is 203 Å². The maximum absolute atomic E-state index is 3.08. The molecule has 4 bridgehead atoms. The fraction of sp³-hybridized carbons (Fsp3) is 0.600. The summed E-state index contributed by atoms with van der Waals surface area (Å²) in [5.74, 6) is 2.15. The van der Waals surface area contributed by atoms with E-state index in [-0.39, 0.29) is 0 Å². The number of fused-ring (bicyclic) bond motifs is 4. The molecule has 2 heteroatoms. The van der Waals surface area contributed by atoms with E-state index in [0.717, 1.165) is 18.6 Å². The van der Waals surface area contributed by atoms with Gasteiger partial charge in [-0.3, -0.25) is 0 Å². The van der Waals surface area contributed by atoms with E-state index in [2.05, 4.69) is 81.4 Å². The Balaban J connectivity index is 1.68. The molecule has 4 saturated carbocycles. The fourth-order valence-electron chi connectivity index (χ4n) is 9.15. The van der Waals surface area contributed by atoms with E-state index in [4.69, 9.17) is 0 Å². The third-order valence-corrected chi connectivity index (χ3v) is 87.7. The van der Waals surface area contributed by atoms with Crippen LogP contribution in [0.5, 0.6) is 0 Å². The van der Waals surface area contributed by atoms with Crippen LogP contribution in [-0.2, 0) is 0 Å². The molecule has 6 rings (SSSR count). The van der Waals surface area contributed by atoms with Crippen molar-refractivity contribution in [3.05, 3.63) is 60.7 Å². The summed E-state index contributed by atoms with van der Waals surface area (Å²) in [5.41, 5.74) is 0. The van der Waals surface area contributed by atoms with Crippen molar-refractivity contribution >= 4 is 37.8 Å². The fourth-order valence-corrected chi connectivity index (χ4v) is 104. The predicted molar refractivity (Wildman–Crippen MR) is 143 cm³/mol. The Bertz CT molecular complexity index is 872. The summed E-state index contributed by atoms with van der Waals surface area (Å²) in [6.45, 7) is 8.11. The van der Waals surface area contributed by atoms with Gasteiger partial charge < -0.3 is 0 Å². The molecule has 4 aliphatic rings. The van der Waals surface area contributed by atoms with Gasteiger partial charge in [-0.2, -0.15) is 0 Å². The van der Waals surface area contributed by atoms with Crippen LogP contribution in [0.2, 0.25) is 10.1 Å². The van der Waals surface area contributed by atoms with Gasteiger partial charge in [-0.15, -0.1) is 0 Å². The molecule has 4 fully saturated rings. The Hall–Kier alpha value is 0.0764. The summed E-state index contributed by atoms with van der Waals surface area (Å²) in [6.07, 6.45) is 16.0. The summed E-state index contributed by atoms with van der Waals surface area (Å²) in [5, 5.41) is 0. The third-order valence-electron chi connectivity index (χ3n) is 10.2. The maximum atomic E-state index is 2.70. The van der Waals surface area contributed by atoms with Crippen LogP contribution in [0.1, 0.15) is 85.0 Å². The molecule has 0 saturated heterocycles. The minimum atomic E-state index is -3.08. The standard InChI is InChI=1S/2C7H11.2C6H5.C4H9.2Sb.H/c2*1-2-7-4-3-6(1)5-7;2*1-2-4-6-5-3-1;1-4(2)3;;;/h2*6H,1-5H2;2*1-5H;1-3H3;;;. The average molecular weight is 646 g/mol. The second-order valence-corrected chi connectivity index (χ2v) is 53.1. The average Bonchev–Trinajstić information content (AvgIpc) is 3.59. The van der Waals surface area contributed by atoms with Crippen LogP contribution < -0.4 is 7.02 Å². The molecule has 0 radical (unpaired) electrons. The Morgan fingerprint density at radius 1 is 0.656 bits per heavy atom. The molecule has 0 amide bonds. The van der Waals surface area contributed by atoms with Gasteiger partial charge in [0.2, 0.25) is 0 Å². The number of hydrogen-bond acceptors (Lipinski definition) is 0. The van der Waals surface area contributed by atoms with Crippen LogP contribution in [0.25, 0.3) is 0 Å². The molecule has 0 nitrogen and oxygen atoms in total. The first-order valence-electron chi connectivity index (χ1n) is 13.3. The van der Waals surface area contributed by atoms with E-state index in [1.807, 2.05) is 7.02 Å². The van der Waals surface area contributed by atoms with Crippen LogP contribution in [0.4, 0.5) is 0 Å². The van der Waals surface area contributed by atoms with Gasteiger partial charge in [0.05, 0.1) is 0 Å². The number of benzene rings is 2. The predicted octanol–water partition coefficient (Wildman–Crippen LogP) is 7.02. The first-order chi connectivity index (χ1) is 15.4. The summed E-state index contributed by atoms with van der Waals surface area (Å²) in [7, 11) is 0. The third kappa shape index (κ3) is 3.20. The van der Waals surface area contributed by atoms with Gasteiger partial charge in [-0.05, 0) is 0 Å². The molecular formula is C30H42Sb2. The first-order valence-corrected chi connectivity index (χ1v) is 30.0. The van der Waals surface area contributed by atoms with Gasteiger partial charge in [-0.1, -0.05) is 0 Å². The quantitative estimate of drug-likeness (QED) is 0.307.